The summed E-state index contributed by atoms with van der Waals surface area (Å²) in [6.45, 7) is 5.31. The van der Waals surface area contributed by atoms with Gasteiger partial charge < -0.3 is 5.73 Å². The average molecular weight is 125 g/mol. The van der Waals surface area contributed by atoms with Crippen LogP contribution < -0.4 is 5.73 Å². The van der Waals surface area contributed by atoms with E-state index >= 15 is 0 Å². The van der Waals surface area contributed by atoms with E-state index in [0.29, 0.717) is 5.84 Å². The first-order valence-corrected chi connectivity index (χ1v) is 2.76. The van der Waals surface area contributed by atoms with E-state index in [1.807, 2.05) is 6.92 Å². The molecule has 50 valence electrons. The number of nitrogens with two attached hydrogens (primary N) is 1. The van der Waals surface area contributed by atoms with Crippen LogP contribution in [0.4, 0.5) is 0 Å². The molecule has 9 heavy (non-hydrogen) atoms. The largest absolute Gasteiger partial charge is 0.387 e. The Kier molecular flexibility index (Phi) is 4.40. The molecule has 0 atom stereocenters. The minimum absolute atomic E-state index is 0.584. The van der Waals surface area contributed by atoms with Gasteiger partial charge in [-0.15, -0.1) is 0 Å². The predicted molar refractivity (Wildman–Crippen MR) is 40.6 cm³/mol. The summed E-state index contributed by atoms with van der Waals surface area (Å²) in [5, 5.41) is 0. The van der Waals surface area contributed by atoms with Crippen LogP contribution in [0.3, 0.4) is 0 Å². The number of hydrogen-bond acceptors (Lipinski definition) is 1. The molecule has 0 aromatic carbocycles. The Hall–Kier alpha value is -1.12. The van der Waals surface area contributed by atoms with Crippen LogP contribution in [-0.2, 0) is 0 Å². The molecule has 0 spiro atoms. The van der Waals surface area contributed by atoms with E-state index in [9.17, 15) is 0 Å². The van der Waals surface area contributed by atoms with E-state index in [-0.39, 0.29) is 0 Å². The third kappa shape index (κ3) is 4.74. The van der Waals surface area contributed by atoms with Crippen LogP contribution in [0.2, 0.25) is 0 Å². The average Bonchev–Trinajstić information content (AvgIpc) is 1.89. The maximum Gasteiger partial charge on any atom is 0.117 e. The van der Waals surface area contributed by atoms with Crippen molar-refractivity contribution in [3.05, 3.63) is 12.8 Å². The molecule has 3 heteroatoms. The molecule has 0 aliphatic heterocycles. The van der Waals surface area contributed by atoms with Crippen LogP contribution >= 0.6 is 0 Å². The SMILES string of the molecule is C=C/N=C\N=C(\N)CC. The maximum absolute atomic E-state index is 5.34. The lowest BCUT2D eigenvalue weighted by atomic mass is 10.5. The van der Waals surface area contributed by atoms with Crippen molar-refractivity contribution >= 4 is 12.2 Å². The highest BCUT2D eigenvalue weighted by molar-refractivity contribution is 5.87. The maximum atomic E-state index is 5.34. The monoisotopic (exact) mass is 125 g/mol. The molecule has 0 aromatic heterocycles. The molecule has 0 saturated heterocycles. The third-order valence-corrected chi connectivity index (χ3v) is 0.758. The van der Waals surface area contributed by atoms with Crippen LogP contribution in [0.25, 0.3) is 0 Å². The molecular weight excluding hydrogens is 114 g/mol. The second-order valence-corrected chi connectivity index (χ2v) is 1.42. The molecule has 0 heterocycles. The third-order valence-electron chi connectivity index (χ3n) is 0.758. The minimum Gasteiger partial charge on any atom is -0.387 e. The highest BCUT2D eigenvalue weighted by Gasteiger charge is 1.78. The van der Waals surface area contributed by atoms with Gasteiger partial charge in [-0.3, -0.25) is 0 Å². The smallest absolute Gasteiger partial charge is 0.117 e. The molecule has 0 rings (SSSR count). The zero-order valence-corrected chi connectivity index (χ0v) is 5.54. The van der Waals surface area contributed by atoms with Crippen molar-refractivity contribution in [2.24, 2.45) is 15.7 Å². The Bertz CT molecular complexity index is 135. The van der Waals surface area contributed by atoms with Crippen molar-refractivity contribution in [1.29, 1.82) is 0 Å². The summed E-state index contributed by atoms with van der Waals surface area (Å²) in [4.78, 5) is 7.40. The summed E-state index contributed by atoms with van der Waals surface area (Å²) < 4.78 is 0. The number of nitrogens with zero attached hydrogens (tertiary/aromatic N) is 2. The topological polar surface area (TPSA) is 50.7 Å². The van der Waals surface area contributed by atoms with Gasteiger partial charge in [0, 0.05) is 12.6 Å². The van der Waals surface area contributed by atoms with Gasteiger partial charge in [0.15, 0.2) is 0 Å². The minimum atomic E-state index is 0.584. The van der Waals surface area contributed by atoms with Gasteiger partial charge in [0.05, 0.1) is 0 Å². The second kappa shape index (κ2) is 5.03. The number of aliphatic imine (C=N–C) groups is 2. The first kappa shape index (κ1) is 7.88. The summed E-state index contributed by atoms with van der Waals surface area (Å²) in [6.07, 6.45) is 3.54. The molecule has 0 radical (unpaired) electrons. The van der Waals surface area contributed by atoms with E-state index in [1.54, 1.807) is 0 Å². The molecule has 0 amide bonds. The molecule has 0 bridgehead atoms. The first-order chi connectivity index (χ1) is 4.31. The molecular formula is C6H11N3. The van der Waals surface area contributed by atoms with Gasteiger partial charge in [0.2, 0.25) is 0 Å². The fourth-order valence-electron chi connectivity index (χ4n) is 0.246. The van der Waals surface area contributed by atoms with E-state index in [4.69, 9.17) is 5.73 Å². The number of amidine groups is 1. The molecule has 0 saturated carbocycles. The zero-order valence-electron chi connectivity index (χ0n) is 5.54. The molecule has 0 aliphatic carbocycles. The van der Waals surface area contributed by atoms with Crippen molar-refractivity contribution < 1.29 is 0 Å². The van der Waals surface area contributed by atoms with E-state index in [0.717, 1.165) is 6.42 Å². The highest BCUT2D eigenvalue weighted by atomic mass is 14.9. The van der Waals surface area contributed by atoms with Gasteiger partial charge in [-0.2, -0.15) is 0 Å². The lowest BCUT2D eigenvalue weighted by Gasteiger charge is -1.86. The van der Waals surface area contributed by atoms with Crippen LogP contribution in [0, 0.1) is 0 Å². The lowest BCUT2D eigenvalue weighted by molar-refractivity contribution is 1.25. The van der Waals surface area contributed by atoms with Crippen molar-refractivity contribution in [3.63, 3.8) is 0 Å². The first-order valence-electron chi connectivity index (χ1n) is 2.76. The highest BCUT2D eigenvalue weighted by Crippen LogP contribution is 1.74. The van der Waals surface area contributed by atoms with E-state index < -0.39 is 0 Å². The van der Waals surface area contributed by atoms with Gasteiger partial charge in [0.1, 0.15) is 12.2 Å². The van der Waals surface area contributed by atoms with Gasteiger partial charge >= 0.3 is 0 Å². The van der Waals surface area contributed by atoms with Gasteiger partial charge in [0.25, 0.3) is 0 Å². The summed E-state index contributed by atoms with van der Waals surface area (Å²) in [5.41, 5.74) is 5.34. The quantitative estimate of drug-likeness (QED) is 0.442. The Morgan fingerprint density at radius 3 is 2.89 bits per heavy atom. The molecule has 0 aliphatic rings. The van der Waals surface area contributed by atoms with Gasteiger partial charge in [-0.05, 0) is 0 Å². The summed E-state index contributed by atoms with van der Waals surface area (Å²) >= 11 is 0. The van der Waals surface area contributed by atoms with Crippen molar-refractivity contribution in [2.75, 3.05) is 0 Å². The number of rotatable bonds is 3. The normalized spacial score (nSPS) is 12.3. The molecule has 0 unspecified atom stereocenters. The second-order valence-electron chi connectivity index (χ2n) is 1.42. The zero-order chi connectivity index (χ0) is 7.11. The Balaban J connectivity index is 3.67. The molecule has 0 fully saturated rings. The lowest BCUT2D eigenvalue weighted by Crippen LogP contribution is -2.09. The van der Waals surface area contributed by atoms with E-state index in [1.165, 1.54) is 12.5 Å². The fraction of sp³-hybridized carbons (Fsp3) is 0.333. The van der Waals surface area contributed by atoms with Crippen molar-refractivity contribution in [3.8, 4) is 0 Å². The summed E-state index contributed by atoms with van der Waals surface area (Å²) in [6, 6.07) is 0. The predicted octanol–water partition coefficient (Wildman–Crippen LogP) is 0.925. The van der Waals surface area contributed by atoms with Crippen LogP contribution in [0.15, 0.2) is 22.8 Å². The summed E-state index contributed by atoms with van der Waals surface area (Å²) in [5.74, 6) is 0.584. The van der Waals surface area contributed by atoms with Crippen molar-refractivity contribution in [1.82, 2.24) is 0 Å². The van der Waals surface area contributed by atoms with Crippen molar-refractivity contribution in [2.45, 2.75) is 13.3 Å². The van der Waals surface area contributed by atoms with Gasteiger partial charge in [-0.1, -0.05) is 13.5 Å². The molecule has 0 aromatic rings. The molecule has 3 nitrogen and oxygen atoms in total. The summed E-state index contributed by atoms with van der Waals surface area (Å²) in [7, 11) is 0. The Labute approximate surface area is 55.0 Å². The van der Waals surface area contributed by atoms with Crippen LogP contribution in [0.5, 0.6) is 0 Å². The molecule has 2 N–H and O–H groups in total. The Morgan fingerprint density at radius 2 is 2.44 bits per heavy atom. The van der Waals surface area contributed by atoms with Crippen LogP contribution in [-0.4, -0.2) is 12.2 Å². The Morgan fingerprint density at radius 1 is 1.78 bits per heavy atom. The van der Waals surface area contributed by atoms with E-state index in [2.05, 4.69) is 16.6 Å². The number of hydrogen-bond donors (Lipinski definition) is 1. The standard InChI is InChI=1S/C6H11N3/c1-3-6(7)9-5-8-4-2/h4-5H,2-3H2,1H3,(H2,7,8,9). The van der Waals surface area contributed by atoms with Crippen LogP contribution in [0.1, 0.15) is 13.3 Å². The van der Waals surface area contributed by atoms with Gasteiger partial charge in [-0.25, -0.2) is 9.98 Å². The fourth-order valence-corrected chi connectivity index (χ4v) is 0.246.